The minimum atomic E-state index is -1.10. The van der Waals surface area contributed by atoms with Gasteiger partial charge in [0.1, 0.15) is 24.0 Å². The molecule has 5 rings (SSSR count). The Bertz CT molecular complexity index is 1760. The van der Waals surface area contributed by atoms with Gasteiger partial charge in [-0.15, -0.1) is 0 Å². The summed E-state index contributed by atoms with van der Waals surface area (Å²) < 4.78 is 10.9. The number of azo groups is 1. The van der Waals surface area contributed by atoms with Crippen LogP contribution in [0.1, 0.15) is 65.5 Å². The highest BCUT2D eigenvalue weighted by molar-refractivity contribution is 6.24. The Morgan fingerprint density at radius 3 is 2.15 bits per heavy atom. The standard InChI is InChI=1S/C34H33N5O8/c1-34(2,3)47-33(45)35-18-21-9-13-23(14-10-21)38-37-22-11-7-20(8-12-22)17-24(40)19-46-27-6-4-5-25-29(27)32(44)39(31(25)43)26-15-16-28(41)36-30(26)42/h4-14,26H,15-19H2,1-3H3,(H,35,45)(H,36,41,42). The average Bonchev–Trinajstić information content (AvgIpc) is 3.28. The Morgan fingerprint density at radius 1 is 0.894 bits per heavy atom. The molecule has 242 valence electrons. The van der Waals surface area contributed by atoms with Gasteiger partial charge in [0.2, 0.25) is 11.8 Å². The molecule has 0 spiro atoms. The molecule has 1 fully saturated rings. The molecule has 0 saturated carbocycles. The summed E-state index contributed by atoms with van der Waals surface area (Å²) in [6, 6.07) is 17.5. The van der Waals surface area contributed by atoms with Crippen molar-refractivity contribution in [2.75, 3.05) is 6.61 Å². The third kappa shape index (κ3) is 8.12. The number of Topliss-reactive ketones (excluding diaryl/α,β-unsaturated/α-hetero) is 1. The highest BCUT2D eigenvalue weighted by Gasteiger charge is 2.46. The zero-order chi connectivity index (χ0) is 33.7. The second-order valence-corrected chi connectivity index (χ2v) is 12.0. The minimum absolute atomic E-state index is 0.0112. The number of carbonyl (C=O) groups is 6. The SMILES string of the molecule is CC(C)(C)OC(=O)NCc1ccc(N=Nc2ccc(CC(=O)COc3cccc4c3C(=O)N(C3CCC(=O)NC3=O)C4=O)cc2)cc1. The molecule has 2 heterocycles. The lowest BCUT2D eigenvalue weighted by Gasteiger charge is -2.27. The van der Waals surface area contributed by atoms with Crippen LogP contribution in [0.2, 0.25) is 0 Å². The predicted octanol–water partition coefficient (Wildman–Crippen LogP) is 4.72. The summed E-state index contributed by atoms with van der Waals surface area (Å²) in [6.07, 6.45) is -0.389. The maximum absolute atomic E-state index is 13.2. The molecule has 13 heteroatoms. The Balaban J connectivity index is 1.12. The minimum Gasteiger partial charge on any atom is -0.485 e. The van der Waals surface area contributed by atoms with Gasteiger partial charge in [0.15, 0.2) is 5.78 Å². The number of ketones is 1. The largest absolute Gasteiger partial charge is 0.485 e. The second kappa shape index (κ2) is 13.7. The number of nitrogens with zero attached hydrogens (tertiary/aromatic N) is 3. The van der Waals surface area contributed by atoms with Gasteiger partial charge in [-0.3, -0.25) is 34.2 Å². The van der Waals surface area contributed by atoms with Crippen LogP contribution in [0.15, 0.2) is 77.0 Å². The fourth-order valence-corrected chi connectivity index (χ4v) is 5.01. The van der Waals surface area contributed by atoms with E-state index >= 15 is 0 Å². The smallest absolute Gasteiger partial charge is 0.407 e. The Morgan fingerprint density at radius 2 is 1.53 bits per heavy atom. The number of imide groups is 2. The molecule has 2 aliphatic rings. The van der Waals surface area contributed by atoms with Crippen molar-refractivity contribution in [2.24, 2.45) is 10.2 Å². The van der Waals surface area contributed by atoms with Crippen LogP contribution in [0.25, 0.3) is 0 Å². The van der Waals surface area contributed by atoms with Gasteiger partial charge < -0.3 is 14.8 Å². The van der Waals surface area contributed by atoms with Crippen molar-refractivity contribution in [3.8, 4) is 5.75 Å². The molecule has 47 heavy (non-hydrogen) atoms. The summed E-state index contributed by atoms with van der Waals surface area (Å²) in [5.74, 6) is -2.74. The average molecular weight is 640 g/mol. The summed E-state index contributed by atoms with van der Waals surface area (Å²) >= 11 is 0. The zero-order valence-electron chi connectivity index (χ0n) is 26.1. The lowest BCUT2D eigenvalue weighted by Crippen LogP contribution is -2.54. The number of benzene rings is 3. The van der Waals surface area contributed by atoms with E-state index in [0.717, 1.165) is 10.5 Å². The van der Waals surface area contributed by atoms with Gasteiger partial charge in [0.25, 0.3) is 11.8 Å². The number of carbonyl (C=O) groups excluding carboxylic acids is 6. The van der Waals surface area contributed by atoms with Crippen LogP contribution >= 0.6 is 0 Å². The lowest BCUT2D eigenvalue weighted by atomic mass is 10.0. The first-order valence-corrected chi connectivity index (χ1v) is 14.9. The summed E-state index contributed by atoms with van der Waals surface area (Å²) in [7, 11) is 0. The molecule has 0 radical (unpaired) electrons. The maximum Gasteiger partial charge on any atom is 0.407 e. The van der Waals surface area contributed by atoms with Crippen LogP contribution in [0.5, 0.6) is 5.75 Å². The van der Waals surface area contributed by atoms with Crippen LogP contribution in [0, 0.1) is 0 Å². The molecule has 5 amide bonds. The van der Waals surface area contributed by atoms with Crippen molar-refractivity contribution in [3.05, 3.63) is 89.0 Å². The molecule has 2 N–H and O–H groups in total. The van der Waals surface area contributed by atoms with Gasteiger partial charge >= 0.3 is 6.09 Å². The number of rotatable bonds is 10. The summed E-state index contributed by atoms with van der Waals surface area (Å²) in [4.78, 5) is 75.5. The molecule has 1 atom stereocenters. The molecule has 13 nitrogen and oxygen atoms in total. The predicted molar refractivity (Wildman–Crippen MR) is 167 cm³/mol. The van der Waals surface area contributed by atoms with Gasteiger partial charge in [-0.05, 0) is 74.7 Å². The number of piperidine rings is 1. The van der Waals surface area contributed by atoms with Crippen molar-refractivity contribution < 1.29 is 38.2 Å². The molecule has 3 aromatic carbocycles. The number of hydrogen-bond acceptors (Lipinski definition) is 10. The Hall–Kier alpha value is -5.72. The van der Waals surface area contributed by atoms with Crippen LogP contribution in [-0.4, -0.2) is 58.7 Å². The van der Waals surface area contributed by atoms with Gasteiger partial charge in [-0.1, -0.05) is 30.3 Å². The van der Waals surface area contributed by atoms with Gasteiger partial charge in [0.05, 0.1) is 22.5 Å². The first-order valence-electron chi connectivity index (χ1n) is 14.9. The molecule has 0 bridgehead atoms. The Kier molecular flexibility index (Phi) is 9.54. The molecule has 3 aromatic rings. The fourth-order valence-electron chi connectivity index (χ4n) is 5.01. The van der Waals surface area contributed by atoms with E-state index in [1.54, 1.807) is 57.2 Å². The normalized spacial score (nSPS) is 16.2. The third-order valence-corrected chi connectivity index (χ3v) is 7.21. The van der Waals surface area contributed by atoms with Crippen LogP contribution in [0.3, 0.4) is 0 Å². The number of fused-ring (bicyclic) bond motifs is 1. The van der Waals surface area contributed by atoms with E-state index in [9.17, 15) is 28.8 Å². The third-order valence-electron chi connectivity index (χ3n) is 7.21. The van der Waals surface area contributed by atoms with E-state index in [0.29, 0.717) is 23.5 Å². The van der Waals surface area contributed by atoms with Crippen LogP contribution < -0.4 is 15.4 Å². The first kappa shape index (κ1) is 32.7. The van der Waals surface area contributed by atoms with Crippen molar-refractivity contribution in [3.63, 3.8) is 0 Å². The number of ether oxygens (including phenoxy) is 2. The maximum atomic E-state index is 13.2. The fraction of sp³-hybridized carbons (Fsp3) is 0.294. The van der Waals surface area contributed by atoms with Crippen molar-refractivity contribution in [2.45, 2.75) is 58.2 Å². The molecular weight excluding hydrogens is 606 g/mol. The summed E-state index contributed by atoms with van der Waals surface area (Å²) in [5, 5.41) is 13.3. The van der Waals surface area contributed by atoms with Crippen LogP contribution in [-0.2, 0) is 32.1 Å². The molecule has 2 aliphatic heterocycles. The van der Waals surface area contributed by atoms with E-state index in [2.05, 4.69) is 20.9 Å². The van der Waals surface area contributed by atoms with Crippen molar-refractivity contribution in [1.29, 1.82) is 0 Å². The lowest BCUT2D eigenvalue weighted by molar-refractivity contribution is -0.136. The van der Waals surface area contributed by atoms with Gasteiger partial charge in [-0.2, -0.15) is 10.2 Å². The van der Waals surface area contributed by atoms with Crippen LogP contribution in [0.4, 0.5) is 16.2 Å². The molecule has 1 saturated heterocycles. The molecular formula is C34H33N5O8. The quantitative estimate of drug-likeness (QED) is 0.237. The summed E-state index contributed by atoms with van der Waals surface area (Å²) in [6.45, 7) is 5.36. The molecule has 0 aromatic heterocycles. The number of amides is 5. The summed E-state index contributed by atoms with van der Waals surface area (Å²) in [5.41, 5.74) is 2.27. The monoisotopic (exact) mass is 639 g/mol. The topological polar surface area (TPSA) is 173 Å². The zero-order valence-corrected chi connectivity index (χ0v) is 26.1. The first-order chi connectivity index (χ1) is 22.4. The van der Waals surface area contributed by atoms with Crippen molar-refractivity contribution >= 4 is 46.9 Å². The highest BCUT2D eigenvalue weighted by Crippen LogP contribution is 2.33. The van der Waals surface area contributed by atoms with Gasteiger partial charge in [0, 0.05) is 19.4 Å². The van der Waals surface area contributed by atoms with E-state index < -0.39 is 41.4 Å². The number of hydrogen-bond donors (Lipinski definition) is 2. The second-order valence-electron chi connectivity index (χ2n) is 12.0. The highest BCUT2D eigenvalue weighted by atomic mass is 16.6. The van der Waals surface area contributed by atoms with E-state index in [4.69, 9.17) is 9.47 Å². The van der Waals surface area contributed by atoms with E-state index in [1.165, 1.54) is 18.2 Å². The Labute approximate surface area is 270 Å². The van der Waals surface area contributed by atoms with Gasteiger partial charge in [-0.25, -0.2) is 4.79 Å². The molecule has 1 unspecified atom stereocenters. The molecule has 0 aliphatic carbocycles. The van der Waals surface area contributed by atoms with E-state index in [-0.39, 0.29) is 48.5 Å². The number of nitrogens with one attached hydrogen (secondary N) is 2. The number of alkyl carbamates (subject to hydrolysis) is 1. The van der Waals surface area contributed by atoms with Crippen molar-refractivity contribution in [1.82, 2.24) is 15.5 Å². The van der Waals surface area contributed by atoms with E-state index in [1.807, 2.05) is 12.1 Å².